The monoisotopic (exact) mass is 218 g/mol. The van der Waals surface area contributed by atoms with Crippen molar-refractivity contribution in [2.45, 2.75) is 6.42 Å². The first-order valence-corrected chi connectivity index (χ1v) is 4.89. The number of amides is 2. The fraction of sp³-hybridized carbons (Fsp3) is 0.167. The normalized spacial score (nSPS) is 9.50. The lowest BCUT2D eigenvalue weighted by atomic mass is 10.2. The summed E-state index contributed by atoms with van der Waals surface area (Å²) in [5.41, 5.74) is 5.72. The zero-order valence-electron chi connectivity index (χ0n) is 8.93. The molecule has 0 aliphatic rings. The van der Waals surface area contributed by atoms with E-state index in [-0.39, 0.29) is 12.3 Å². The second kappa shape index (κ2) is 5.70. The first-order valence-electron chi connectivity index (χ1n) is 4.89. The maximum absolute atomic E-state index is 11.7. The highest BCUT2D eigenvalue weighted by Gasteiger charge is 2.15. The SMILES string of the molecule is C=CCN(C(=O)CC(N)=O)c1ccccc1. The van der Waals surface area contributed by atoms with Crippen LogP contribution in [0.5, 0.6) is 0 Å². The number of nitrogens with zero attached hydrogens (tertiary/aromatic N) is 1. The van der Waals surface area contributed by atoms with Gasteiger partial charge in [0.15, 0.2) is 0 Å². The lowest BCUT2D eigenvalue weighted by molar-refractivity contribution is -0.126. The predicted octanol–water partition coefficient (Wildman–Crippen LogP) is 1.08. The van der Waals surface area contributed by atoms with Crippen molar-refractivity contribution in [3.05, 3.63) is 43.0 Å². The van der Waals surface area contributed by atoms with Crippen LogP contribution in [-0.2, 0) is 9.59 Å². The van der Waals surface area contributed by atoms with Crippen LogP contribution >= 0.6 is 0 Å². The van der Waals surface area contributed by atoms with Crippen molar-refractivity contribution >= 4 is 17.5 Å². The van der Waals surface area contributed by atoms with Gasteiger partial charge in [-0.2, -0.15) is 0 Å². The molecule has 0 saturated carbocycles. The lowest BCUT2D eigenvalue weighted by Gasteiger charge is -2.20. The molecule has 4 nitrogen and oxygen atoms in total. The Balaban J connectivity index is 2.86. The van der Waals surface area contributed by atoms with Crippen LogP contribution in [0.2, 0.25) is 0 Å². The number of hydrogen-bond acceptors (Lipinski definition) is 2. The molecule has 0 fully saturated rings. The Kier molecular flexibility index (Phi) is 4.27. The van der Waals surface area contributed by atoms with Gasteiger partial charge in [0.25, 0.3) is 0 Å². The first-order chi connectivity index (χ1) is 7.65. The van der Waals surface area contributed by atoms with Gasteiger partial charge < -0.3 is 10.6 Å². The maximum atomic E-state index is 11.7. The molecule has 0 aliphatic carbocycles. The van der Waals surface area contributed by atoms with E-state index in [2.05, 4.69) is 6.58 Å². The smallest absolute Gasteiger partial charge is 0.236 e. The number of para-hydroxylation sites is 1. The fourth-order valence-electron chi connectivity index (χ4n) is 1.33. The van der Waals surface area contributed by atoms with Crippen molar-refractivity contribution < 1.29 is 9.59 Å². The average Bonchev–Trinajstić information content (AvgIpc) is 2.26. The summed E-state index contributed by atoms with van der Waals surface area (Å²) in [6, 6.07) is 9.09. The van der Waals surface area contributed by atoms with Gasteiger partial charge in [0, 0.05) is 12.2 Å². The summed E-state index contributed by atoms with van der Waals surface area (Å²) in [4.78, 5) is 23.9. The molecule has 4 heteroatoms. The second-order valence-electron chi connectivity index (χ2n) is 3.27. The van der Waals surface area contributed by atoms with E-state index < -0.39 is 5.91 Å². The van der Waals surface area contributed by atoms with Crippen molar-refractivity contribution in [2.24, 2.45) is 5.73 Å². The highest BCUT2D eigenvalue weighted by atomic mass is 16.2. The Labute approximate surface area is 94.4 Å². The third kappa shape index (κ3) is 3.24. The van der Waals surface area contributed by atoms with E-state index >= 15 is 0 Å². The number of rotatable bonds is 5. The van der Waals surface area contributed by atoms with Gasteiger partial charge in [-0.1, -0.05) is 24.3 Å². The van der Waals surface area contributed by atoms with Gasteiger partial charge in [0.2, 0.25) is 11.8 Å². The summed E-state index contributed by atoms with van der Waals surface area (Å²) in [5.74, 6) is -0.950. The summed E-state index contributed by atoms with van der Waals surface area (Å²) in [5, 5.41) is 0. The standard InChI is InChI=1S/C12H14N2O2/c1-2-8-14(12(16)9-11(13)15)10-6-4-3-5-7-10/h2-7H,1,8-9H2,(H2,13,15). The number of primary amides is 1. The van der Waals surface area contributed by atoms with Crippen LogP contribution < -0.4 is 10.6 Å². The molecule has 16 heavy (non-hydrogen) atoms. The van der Waals surface area contributed by atoms with Gasteiger partial charge in [0.05, 0.1) is 0 Å². The summed E-state index contributed by atoms with van der Waals surface area (Å²) >= 11 is 0. The van der Waals surface area contributed by atoms with Crippen molar-refractivity contribution in [1.82, 2.24) is 0 Å². The van der Waals surface area contributed by atoms with E-state index in [9.17, 15) is 9.59 Å². The van der Waals surface area contributed by atoms with Crippen LogP contribution in [0.15, 0.2) is 43.0 Å². The van der Waals surface area contributed by atoms with E-state index in [0.717, 1.165) is 5.69 Å². The third-order valence-corrected chi connectivity index (χ3v) is 2.01. The van der Waals surface area contributed by atoms with Gasteiger partial charge in [-0.15, -0.1) is 6.58 Å². The van der Waals surface area contributed by atoms with Crippen LogP contribution in [0.4, 0.5) is 5.69 Å². The molecule has 1 rings (SSSR count). The van der Waals surface area contributed by atoms with Crippen molar-refractivity contribution in [3.8, 4) is 0 Å². The number of anilines is 1. The molecule has 2 amide bonds. The Hall–Kier alpha value is -2.10. The molecule has 84 valence electrons. The Morgan fingerprint density at radius 1 is 1.31 bits per heavy atom. The summed E-state index contributed by atoms with van der Waals surface area (Å²) < 4.78 is 0. The number of benzene rings is 1. The Morgan fingerprint density at radius 2 is 1.94 bits per heavy atom. The highest BCUT2D eigenvalue weighted by Crippen LogP contribution is 2.14. The van der Waals surface area contributed by atoms with Crippen LogP contribution in [-0.4, -0.2) is 18.4 Å². The number of carbonyl (C=O) groups is 2. The van der Waals surface area contributed by atoms with Gasteiger partial charge in [0.1, 0.15) is 6.42 Å². The summed E-state index contributed by atoms with van der Waals surface area (Å²) in [6.07, 6.45) is 1.31. The molecule has 0 aromatic heterocycles. The summed E-state index contributed by atoms with van der Waals surface area (Å²) in [6.45, 7) is 3.93. The van der Waals surface area contributed by atoms with E-state index in [0.29, 0.717) is 6.54 Å². The van der Waals surface area contributed by atoms with Crippen LogP contribution in [0.25, 0.3) is 0 Å². The van der Waals surface area contributed by atoms with E-state index in [4.69, 9.17) is 5.73 Å². The van der Waals surface area contributed by atoms with Gasteiger partial charge in [-0.3, -0.25) is 9.59 Å². The number of hydrogen-bond donors (Lipinski definition) is 1. The minimum absolute atomic E-state index is 0.289. The quantitative estimate of drug-likeness (QED) is 0.593. The van der Waals surface area contributed by atoms with Crippen LogP contribution in [0.3, 0.4) is 0 Å². The molecule has 0 spiro atoms. The molecular weight excluding hydrogens is 204 g/mol. The fourth-order valence-corrected chi connectivity index (χ4v) is 1.33. The largest absolute Gasteiger partial charge is 0.369 e. The molecule has 0 bridgehead atoms. The minimum Gasteiger partial charge on any atom is -0.369 e. The molecule has 0 heterocycles. The molecule has 2 N–H and O–H groups in total. The Morgan fingerprint density at radius 3 is 2.44 bits per heavy atom. The molecule has 0 radical (unpaired) electrons. The topological polar surface area (TPSA) is 63.4 Å². The average molecular weight is 218 g/mol. The molecule has 1 aromatic rings. The number of nitrogens with two attached hydrogens (primary N) is 1. The third-order valence-electron chi connectivity index (χ3n) is 2.01. The summed E-state index contributed by atoms with van der Waals surface area (Å²) in [7, 11) is 0. The van der Waals surface area contributed by atoms with Crippen LogP contribution in [0.1, 0.15) is 6.42 Å². The van der Waals surface area contributed by atoms with Gasteiger partial charge >= 0.3 is 0 Å². The lowest BCUT2D eigenvalue weighted by Crippen LogP contribution is -2.34. The van der Waals surface area contributed by atoms with E-state index in [1.54, 1.807) is 18.2 Å². The van der Waals surface area contributed by atoms with E-state index in [1.807, 2.05) is 18.2 Å². The van der Waals surface area contributed by atoms with Crippen molar-refractivity contribution in [3.63, 3.8) is 0 Å². The van der Waals surface area contributed by atoms with Crippen LogP contribution in [0, 0.1) is 0 Å². The van der Waals surface area contributed by atoms with E-state index in [1.165, 1.54) is 4.90 Å². The molecule has 1 aromatic carbocycles. The Bertz CT molecular complexity index is 387. The molecule has 0 aliphatic heterocycles. The molecular formula is C12H14N2O2. The maximum Gasteiger partial charge on any atom is 0.236 e. The second-order valence-corrected chi connectivity index (χ2v) is 3.27. The molecule has 0 atom stereocenters. The number of carbonyl (C=O) groups excluding carboxylic acids is 2. The van der Waals surface area contributed by atoms with Crippen molar-refractivity contribution in [1.29, 1.82) is 0 Å². The zero-order valence-corrected chi connectivity index (χ0v) is 8.93. The van der Waals surface area contributed by atoms with Crippen molar-refractivity contribution in [2.75, 3.05) is 11.4 Å². The molecule has 0 saturated heterocycles. The van der Waals surface area contributed by atoms with Gasteiger partial charge in [-0.25, -0.2) is 0 Å². The van der Waals surface area contributed by atoms with Gasteiger partial charge in [-0.05, 0) is 12.1 Å². The highest BCUT2D eigenvalue weighted by molar-refractivity contribution is 6.04. The first kappa shape index (κ1) is 12.0. The molecule has 0 unspecified atom stereocenters. The predicted molar refractivity (Wildman–Crippen MR) is 62.8 cm³/mol. The minimum atomic E-state index is -0.630. The zero-order chi connectivity index (χ0) is 12.0.